The van der Waals surface area contributed by atoms with Crippen LogP contribution in [0.4, 0.5) is 0 Å². The van der Waals surface area contributed by atoms with Gasteiger partial charge in [-0.1, -0.05) is 11.6 Å². The topological polar surface area (TPSA) is 72.3 Å². The first-order valence-electron chi connectivity index (χ1n) is 5.49. The zero-order valence-corrected chi connectivity index (χ0v) is 10.9. The van der Waals surface area contributed by atoms with Crippen molar-refractivity contribution in [3.63, 3.8) is 0 Å². The average Bonchev–Trinajstić information content (AvgIpc) is 2.38. The molecule has 0 amide bonds. The Morgan fingerprint density at radius 2 is 2.26 bits per heavy atom. The van der Waals surface area contributed by atoms with Gasteiger partial charge in [-0.05, 0) is 30.7 Å². The van der Waals surface area contributed by atoms with E-state index in [1.54, 1.807) is 18.2 Å². The van der Waals surface area contributed by atoms with E-state index in [-0.39, 0.29) is 12.2 Å². The summed E-state index contributed by atoms with van der Waals surface area (Å²) in [4.78, 5) is 18.6. The Morgan fingerprint density at radius 1 is 1.47 bits per heavy atom. The van der Waals surface area contributed by atoms with Gasteiger partial charge in [0.15, 0.2) is 0 Å². The van der Waals surface area contributed by atoms with Crippen molar-refractivity contribution >= 4 is 17.6 Å². The summed E-state index contributed by atoms with van der Waals surface area (Å²) in [6.07, 6.45) is 2.54. The maximum atomic E-state index is 11.0. The van der Waals surface area contributed by atoms with Gasteiger partial charge in [0, 0.05) is 11.2 Å². The molecule has 0 aliphatic heterocycles. The van der Waals surface area contributed by atoms with E-state index < -0.39 is 5.97 Å². The lowest BCUT2D eigenvalue weighted by atomic mass is 10.2. The second-order valence-corrected chi connectivity index (χ2v) is 4.32. The number of rotatable bonds is 4. The van der Waals surface area contributed by atoms with Crippen LogP contribution in [0, 0.1) is 6.92 Å². The van der Waals surface area contributed by atoms with Gasteiger partial charge in [-0.25, -0.2) is 14.8 Å². The van der Waals surface area contributed by atoms with Gasteiger partial charge in [-0.3, -0.25) is 0 Å². The summed E-state index contributed by atoms with van der Waals surface area (Å²) >= 11 is 5.85. The molecule has 1 heterocycles. The van der Waals surface area contributed by atoms with E-state index in [1.807, 2.05) is 6.92 Å². The van der Waals surface area contributed by atoms with Crippen LogP contribution < -0.4 is 4.74 Å². The number of benzene rings is 1. The van der Waals surface area contributed by atoms with Gasteiger partial charge in [0.1, 0.15) is 24.2 Å². The monoisotopic (exact) mass is 278 g/mol. The number of aryl methyl sites for hydroxylation is 1. The largest absolute Gasteiger partial charge is 0.487 e. The number of aromatic nitrogens is 2. The highest BCUT2D eigenvalue weighted by molar-refractivity contribution is 6.30. The highest BCUT2D eigenvalue weighted by Crippen LogP contribution is 2.22. The summed E-state index contributed by atoms with van der Waals surface area (Å²) in [6, 6.07) is 5.22. The fourth-order valence-corrected chi connectivity index (χ4v) is 1.80. The molecular formula is C13H11ClN2O3. The number of ether oxygens (including phenoxy) is 1. The van der Waals surface area contributed by atoms with Crippen molar-refractivity contribution in [1.82, 2.24) is 9.97 Å². The van der Waals surface area contributed by atoms with Gasteiger partial charge in [-0.15, -0.1) is 0 Å². The van der Waals surface area contributed by atoms with Crippen LogP contribution in [0.3, 0.4) is 0 Å². The number of carboxylic acids is 1. The molecule has 0 fully saturated rings. The number of halogens is 1. The molecular weight excluding hydrogens is 268 g/mol. The molecule has 0 saturated heterocycles. The van der Waals surface area contributed by atoms with E-state index in [9.17, 15) is 4.79 Å². The highest BCUT2D eigenvalue weighted by Gasteiger charge is 2.12. The van der Waals surface area contributed by atoms with Gasteiger partial charge < -0.3 is 9.84 Å². The maximum absolute atomic E-state index is 11.0. The zero-order valence-electron chi connectivity index (χ0n) is 10.1. The molecule has 2 rings (SSSR count). The number of hydrogen-bond acceptors (Lipinski definition) is 4. The lowest BCUT2D eigenvalue weighted by Gasteiger charge is -2.10. The van der Waals surface area contributed by atoms with Crippen molar-refractivity contribution in [2.45, 2.75) is 13.5 Å². The van der Waals surface area contributed by atoms with E-state index >= 15 is 0 Å². The quantitative estimate of drug-likeness (QED) is 0.931. The van der Waals surface area contributed by atoms with E-state index in [0.717, 1.165) is 5.56 Å². The van der Waals surface area contributed by atoms with Crippen LogP contribution in [-0.2, 0) is 6.61 Å². The Labute approximate surface area is 114 Å². The van der Waals surface area contributed by atoms with Crippen molar-refractivity contribution in [3.05, 3.63) is 52.6 Å². The predicted molar refractivity (Wildman–Crippen MR) is 69.5 cm³/mol. The van der Waals surface area contributed by atoms with Crippen LogP contribution in [0.25, 0.3) is 0 Å². The van der Waals surface area contributed by atoms with Crippen molar-refractivity contribution in [2.24, 2.45) is 0 Å². The van der Waals surface area contributed by atoms with Crippen LogP contribution in [0.15, 0.2) is 30.7 Å². The molecule has 0 atom stereocenters. The first kappa shape index (κ1) is 13.3. The third-order valence-corrected chi connectivity index (χ3v) is 2.76. The fourth-order valence-electron chi connectivity index (χ4n) is 1.57. The van der Waals surface area contributed by atoms with Crippen LogP contribution in [0.5, 0.6) is 5.75 Å². The Balaban J connectivity index is 2.17. The average molecular weight is 279 g/mol. The number of carbonyl (C=O) groups is 1. The number of nitrogens with zero attached hydrogens (tertiary/aromatic N) is 2. The standard InChI is InChI=1S/C13H11ClN2O3/c1-8-4-9(14)2-3-12(8)19-6-11-10(13(17)18)5-15-7-16-11/h2-5,7H,6H2,1H3,(H,17,18). The van der Waals surface area contributed by atoms with Crippen LogP contribution in [-0.4, -0.2) is 21.0 Å². The SMILES string of the molecule is Cc1cc(Cl)ccc1OCc1ncncc1C(=O)O. The number of aromatic carboxylic acids is 1. The molecule has 2 aromatic rings. The second kappa shape index (κ2) is 5.67. The number of hydrogen-bond donors (Lipinski definition) is 1. The molecule has 5 nitrogen and oxygen atoms in total. The molecule has 0 radical (unpaired) electrons. The summed E-state index contributed by atoms with van der Waals surface area (Å²) in [5, 5.41) is 9.62. The first-order chi connectivity index (χ1) is 9.08. The lowest BCUT2D eigenvalue weighted by Crippen LogP contribution is -2.08. The van der Waals surface area contributed by atoms with Gasteiger partial charge in [0.2, 0.25) is 0 Å². The van der Waals surface area contributed by atoms with Crippen LogP contribution in [0.1, 0.15) is 21.6 Å². The molecule has 98 valence electrons. The molecule has 0 saturated carbocycles. The smallest absolute Gasteiger partial charge is 0.339 e. The van der Waals surface area contributed by atoms with Crippen molar-refractivity contribution in [1.29, 1.82) is 0 Å². The summed E-state index contributed by atoms with van der Waals surface area (Å²) in [7, 11) is 0. The van der Waals surface area contributed by atoms with Gasteiger partial charge in [0.05, 0.1) is 5.69 Å². The molecule has 1 N–H and O–H groups in total. The molecule has 19 heavy (non-hydrogen) atoms. The minimum Gasteiger partial charge on any atom is -0.487 e. The molecule has 1 aromatic heterocycles. The van der Waals surface area contributed by atoms with E-state index in [0.29, 0.717) is 16.5 Å². The second-order valence-electron chi connectivity index (χ2n) is 3.89. The van der Waals surface area contributed by atoms with Crippen molar-refractivity contribution < 1.29 is 14.6 Å². The first-order valence-corrected chi connectivity index (χ1v) is 5.87. The Bertz CT molecular complexity index is 617. The van der Waals surface area contributed by atoms with E-state index in [4.69, 9.17) is 21.4 Å². The molecule has 6 heteroatoms. The third-order valence-electron chi connectivity index (χ3n) is 2.53. The van der Waals surface area contributed by atoms with Crippen LogP contribution >= 0.6 is 11.6 Å². The molecule has 1 aromatic carbocycles. The Morgan fingerprint density at radius 3 is 2.95 bits per heavy atom. The molecule has 0 aliphatic rings. The Hall–Kier alpha value is -2.14. The van der Waals surface area contributed by atoms with Gasteiger partial charge >= 0.3 is 5.97 Å². The van der Waals surface area contributed by atoms with Gasteiger partial charge in [-0.2, -0.15) is 0 Å². The normalized spacial score (nSPS) is 10.2. The Kier molecular flexibility index (Phi) is 3.97. The summed E-state index contributed by atoms with van der Waals surface area (Å²) in [5.41, 5.74) is 1.24. The molecule has 0 spiro atoms. The molecule has 0 unspecified atom stereocenters. The minimum absolute atomic E-state index is 0.0362. The molecule has 0 bridgehead atoms. The fraction of sp³-hybridized carbons (Fsp3) is 0.154. The highest BCUT2D eigenvalue weighted by atomic mass is 35.5. The maximum Gasteiger partial charge on any atom is 0.339 e. The predicted octanol–water partition coefficient (Wildman–Crippen LogP) is 2.72. The minimum atomic E-state index is -1.08. The summed E-state index contributed by atoms with van der Waals surface area (Å²) in [5.74, 6) is -0.439. The zero-order chi connectivity index (χ0) is 13.8. The summed E-state index contributed by atoms with van der Waals surface area (Å²) in [6.45, 7) is 1.92. The van der Waals surface area contributed by atoms with E-state index in [1.165, 1.54) is 12.5 Å². The van der Waals surface area contributed by atoms with Gasteiger partial charge in [0.25, 0.3) is 0 Å². The van der Waals surface area contributed by atoms with Crippen LogP contribution in [0.2, 0.25) is 5.02 Å². The number of carboxylic acid groups (broad SMARTS) is 1. The lowest BCUT2D eigenvalue weighted by molar-refractivity contribution is 0.0692. The van der Waals surface area contributed by atoms with Crippen molar-refractivity contribution in [2.75, 3.05) is 0 Å². The summed E-state index contributed by atoms with van der Waals surface area (Å²) < 4.78 is 5.56. The third kappa shape index (κ3) is 3.20. The van der Waals surface area contributed by atoms with E-state index in [2.05, 4.69) is 9.97 Å². The molecule has 0 aliphatic carbocycles. The van der Waals surface area contributed by atoms with Crippen molar-refractivity contribution in [3.8, 4) is 5.75 Å².